The summed E-state index contributed by atoms with van der Waals surface area (Å²) in [5, 5.41) is 2.66. The normalized spacial score (nSPS) is 17.2. The Labute approximate surface area is 191 Å². The van der Waals surface area contributed by atoms with Crippen LogP contribution in [-0.4, -0.2) is 43.5 Å². The number of rotatable bonds is 6. The van der Waals surface area contributed by atoms with Crippen LogP contribution < -0.4 is 15.0 Å². The van der Waals surface area contributed by atoms with E-state index in [2.05, 4.69) is 15.0 Å². The monoisotopic (exact) mass is 445 g/mol. The van der Waals surface area contributed by atoms with Crippen molar-refractivity contribution in [1.82, 2.24) is 10.3 Å². The number of ether oxygens (including phenoxy) is 2. The highest BCUT2D eigenvalue weighted by Crippen LogP contribution is 2.45. The van der Waals surface area contributed by atoms with Crippen LogP contribution in [0.2, 0.25) is 0 Å². The number of fused-ring (bicyclic) bond motifs is 1. The molecule has 3 aromatic rings. The largest absolute Gasteiger partial charge is 0.497 e. The van der Waals surface area contributed by atoms with Gasteiger partial charge in [0.05, 0.1) is 26.2 Å². The van der Waals surface area contributed by atoms with E-state index in [4.69, 9.17) is 4.74 Å². The van der Waals surface area contributed by atoms with Crippen LogP contribution in [0.5, 0.6) is 5.75 Å². The average molecular weight is 445 g/mol. The Morgan fingerprint density at radius 3 is 2.45 bits per heavy atom. The average Bonchev–Trinajstić information content (AvgIpc) is 2.87. The van der Waals surface area contributed by atoms with Crippen LogP contribution in [0.1, 0.15) is 33.4 Å². The van der Waals surface area contributed by atoms with Crippen LogP contribution in [0.15, 0.2) is 73.1 Å². The first kappa shape index (κ1) is 22.0. The molecule has 0 saturated carbocycles. The second kappa shape index (κ2) is 9.52. The number of hydrogen-bond donors (Lipinski definition) is 1. The fourth-order valence-electron chi connectivity index (χ4n) is 4.08. The summed E-state index contributed by atoms with van der Waals surface area (Å²) >= 11 is 0. The maximum Gasteiger partial charge on any atom is 0.325 e. The lowest BCUT2D eigenvalue weighted by Crippen LogP contribution is -2.48. The molecule has 0 spiro atoms. The predicted octanol–water partition coefficient (Wildman–Crippen LogP) is 2.86. The minimum Gasteiger partial charge on any atom is -0.497 e. The number of anilines is 1. The Morgan fingerprint density at radius 1 is 1.03 bits per heavy atom. The molecule has 0 radical (unpaired) electrons. The van der Waals surface area contributed by atoms with Gasteiger partial charge in [-0.1, -0.05) is 24.3 Å². The van der Waals surface area contributed by atoms with Gasteiger partial charge in [-0.3, -0.25) is 24.3 Å². The van der Waals surface area contributed by atoms with E-state index in [-0.39, 0.29) is 12.5 Å². The Bertz CT molecular complexity index is 1160. The Hall–Kier alpha value is -4.20. The zero-order valence-corrected chi connectivity index (χ0v) is 18.2. The van der Waals surface area contributed by atoms with E-state index in [9.17, 15) is 14.4 Å². The zero-order valence-electron chi connectivity index (χ0n) is 18.2. The lowest BCUT2D eigenvalue weighted by Gasteiger charge is -2.41. The Kier molecular flexibility index (Phi) is 6.35. The van der Waals surface area contributed by atoms with Gasteiger partial charge in [0.15, 0.2) is 0 Å². The first-order valence-electron chi connectivity index (χ1n) is 10.4. The Morgan fingerprint density at radius 2 is 1.79 bits per heavy atom. The van der Waals surface area contributed by atoms with Gasteiger partial charge in [0.25, 0.3) is 5.91 Å². The molecular formula is C25H23N3O5. The molecule has 4 rings (SSSR count). The molecule has 2 amide bonds. The smallest absolute Gasteiger partial charge is 0.325 e. The van der Waals surface area contributed by atoms with Crippen molar-refractivity contribution in [1.29, 1.82) is 0 Å². The second-order valence-electron chi connectivity index (χ2n) is 7.46. The number of carbonyl (C=O) groups is 3. The van der Waals surface area contributed by atoms with E-state index >= 15 is 0 Å². The molecule has 1 aromatic heterocycles. The van der Waals surface area contributed by atoms with Crippen molar-refractivity contribution in [2.24, 2.45) is 0 Å². The van der Waals surface area contributed by atoms with Crippen molar-refractivity contribution in [3.8, 4) is 5.75 Å². The fourth-order valence-corrected chi connectivity index (χ4v) is 4.08. The van der Waals surface area contributed by atoms with Crippen molar-refractivity contribution < 1.29 is 23.9 Å². The van der Waals surface area contributed by atoms with Gasteiger partial charge in [-0.05, 0) is 47.5 Å². The number of aromatic nitrogens is 1. The molecule has 0 fully saturated rings. The van der Waals surface area contributed by atoms with Crippen molar-refractivity contribution in [3.05, 3.63) is 89.7 Å². The van der Waals surface area contributed by atoms with E-state index < -0.39 is 23.8 Å². The maximum absolute atomic E-state index is 13.7. The number of nitrogens with one attached hydrogen (secondary N) is 1. The van der Waals surface area contributed by atoms with E-state index in [0.29, 0.717) is 28.1 Å². The third-order valence-electron chi connectivity index (χ3n) is 5.63. The van der Waals surface area contributed by atoms with Gasteiger partial charge >= 0.3 is 5.97 Å². The first-order valence-corrected chi connectivity index (χ1v) is 10.4. The van der Waals surface area contributed by atoms with Crippen LogP contribution in [-0.2, 0) is 14.3 Å². The lowest BCUT2D eigenvalue weighted by molar-refractivity contribution is -0.141. The van der Waals surface area contributed by atoms with Gasteiger partial charge in [0.1, 0.15) is 12.3 Å². The number of nitrogens with zero attached hydrogens (tertiary/aromatic N) is 2. The van der Waals surface area contributed by atoms with Gasteiger partial charge in [0, 0.05) is 23.6 Å². The summed E-state index contributed by atoms with van der Waals surface area (Å²) in [6.45, 7) is -0.274. The van der Waals surface area contributed by atoms with Crippen molar-refractivity contribution in [2.75, 3.05) is 25.7 Å². The molecule has 1 N–H and O–H groups in total. The molecule has 8 heteroatoms. The summed E-state index contributed by atoms with van der Waals surface area (Å²) in [7, 11) is 2.82. The number of amides is 2. The van der Waals surface area contributed by atoms with Crippen molar-refractivity contribution >= 4 is 23.5 Å². The predicted molar refractivity (Wildman–Crippen MR) is 121 cm³/mol. The number of hydrogen-bond acceptors (Lipinski definition) is 6. The molecule has 0 aliphatic carbocycles. The highest BCUT2D eigenvalue weighted by molar-refractivity contribution is 6.11. The molecule has 1 aliphatic rings. The number of pyridine rings is 1. The number of methoxy groups -OCH3 is 2. The molecule has 168 valence electrons. The van der Waals surface area contributed by atoms with Crippen LogP contribution >= 0.6 is 0 Å². The van der Waals surface area contributed by atoms with Gasteiger partial charge in [0.2, 0.25) is 5.91 Å². The highest BCUT2D eigenvalue weighted by atomic mass is 16.5. The number of benzene rings is 2. The van der Waals surface area contributed by atoms with Crippen LogP contribution in [0.25, 0.3) is 0 Å². The van der Waals surface area contributed by atoms with Crippen LogP contribution in [0, 0.1) is 0 Å². The second-order valence-corrected chi connectivity index (χ2v) is 7.46. The Balaban J connectivity index is 1.87. The summed E-state index contributed by atoms with van der Waals surface area (Å²) < 4.78 is 9.91. The number of carbonyl (C=O) groups excluding carboxylic acids is 3. The zero-order chi connectivity index (χ0) is 23.4. The van der Waals surface area contributed by atoms with Crippen molar-refractivity contribution in [3.63, 3.8) is 0 Å². The molecule has 8 nitrogen and oxygen atoms in total. The summed E-state index contributed by atoms with van der Waals surface area (Å²) in [5.41, 5.74) is 2.31. The summed E-state index contributed by atoms with van der Waals surface area (Å²) in [6, 6.07) is 17.0. The number of esters is 1. The topological polar surface area (TPSA) is 97.8 Å². The molecule has 0 bridgehead atoms. The molecule has 33 heavy (non-hydrogen) atoms. The van der Waals surface area contributed by atoms with Gasteiger partial charge in [-0.15, -0.1) is 0 Å². The molecule has 2 atom stereocenters. The van der Waals surface area contributed by atoms with Gasteiger partial charge in [-0.25, -0.2) is 0 Å². The molecule has 2 aromatic carbocycles. The SMILES string of the molecule is COC(=O)CNC(=O)[C@@H]1c2ccccc2C(=O)N(c2ccc(OC)cc2)[C@@H]1c1cccnc1. The molecular weight excluding hydrogens is 422 g/mol. The minimum absolute atomic E-state index is 0.235. The fraction of sp³-hybridized carbons (Fsp3) is 0.200. The summed E-state index contributed by atoms with van der Waals surface area (Å²) in [6.07, 6.45) is 3.27. The molecule has 0 unspecified atom stereocenters. The van der Waals surface area contributed by atoms with E-state index in [0.717, 1.165) is 0 Å². The first-order chi connectivity index (χ1) is 16.0. The molecule has 2 heterocycles. The lowest BCUT2D eigenvalue weighted by atomic mass is 9.79. The highest BCUT2D eigenvalue weighted by Gasteiger charge is 2.45. The van der Waals surface area contributed by atoms with Gasteiger partial charge in [-0.2, -0.15) is 0 Å². The summed E-state index contributed by atoms with van der Waals surface area (Å²) in [5.74, 6) is -1.33. The maximum atomic E-state index is 13.7. The summed E-state index contributed by atoms with van der Waals surface area (Å²) in [4.78, 5) is 44.6. The van der Waals surface area contributed by atoms with Crippen molar-refractivity contribution in [2.45, 2.75) is 12.0 Å². The van der Waals surface area contributed by atoms with Crippen LogP contribution in [0.4, 0.5) is 5.69 Å². The quantitative estimate of drug-likeness (QED) is 0.586. The van der Waals surface area contributed by atoms with E-state index in [1.165, 1.54) is 7.11 Å². The van der Waals surface area contributed by atoms with E-state index in [1.54, 1.807) is 79.0 Å². The minimum atomic E-state index is -0.783. The third-order valence-corrected chi connectivity index (χ3v) is 5.63. The van der Waals surface area contributed by atoms with Crippen LogP contribution in [0.3, 0.4) is 0 Å². The third kappa shape index (κ3) is 4.27. The van der Waals surface area contributed by atoms with E-state index in [1.807, 2.05) is 6.07 Å². The van der Waals surface area contributed by atoms with Gasteiger partial charge < -0.3 is 14.8 Å². The molecule has 1 aliphatic heterocycles. The standard InChI is InChI=1S/C25H23N3O5/c1-32-18-11-9-17(10-12-18)28-23(16-6-5-13-26-14-16)22(24(30)27-15-21(29)33-2)19-7-3-4-8-20(19)25(28)31/h3-14,22-23H,15H2,1-2H3,(H,27,30)/t22-,23-/m1/s1. The molecule has 0 saturated heterocycles.